The number of nitrogens with two attached hydrogens (primary N) is 1. The highest BCUT2D eigenvalue weighted by molar-refractivity contribution is 7.10. The number of imide groups is 1. The molecule has 0 spiro atoms. The molecule has 2 heterocycles. The summed E-state index contributed by atoms with van der Waals surface area (Å²) >= 11 is 1.50. The molecule has 0 saturated carbocycles. The summed E-state index contributed by atoms with van der Waals surface area (Å²) in [6, 6.07) is 1.88. The predicted molar refractivity (Wildman–Crippen MR) is 65.0 cm³/mol. The highest BCUT2D eigenvalue weighted by atomic mass is 32.1. The summed E-state index contributed by atoms with van der Waals surface area (Å²) in [5.74, 6) is 5.52. The summed E-state index contributed by atoms with van der Waals surface area (Å²) in [5, 5.41) is 1.90. The van der Waals surface area contributed by atoms with E-state index < -0.39 is 0 Å². The van der Waals surface area contributed by atoms with Crippen LogP contribution in [0.3, 0.4) is 0 Å². The summed E-state index contributed by atoms with van der Waals surface area (Å²) in [6.07, 6.45) is 0.655. The van der Waals surface area contributed by atoms with Crippen molar-refractivity contribution in [3.05, 3.63) is 21.9 Å². The van der Waals surface area contributed by atoms with E-state index in [0.29, 0.717) is 25.9 Å². The maximum Gasteiger partial charge on any atom is 0.230 e. The van der Waals surface area contributed by atoms with Crippen LogP contribution in [0, 0.1) is 11.8 Å². The molecule has 2 N–H and O–H groups in total. The normalized spacial score (nSPS) is 15.0. The third kappa shape index (κ3) is 2.54. The van der Waals surface area contributed by atoms with Gasteiger partial charge in [0, 0.05) is 23.3 Å². The first kappa shape index (κ1) is 11.8. The number of carbonyl (C=O) groups excluding carboxylic acids is 2. The number of likely N-dealkylation sites (tertiary alicyclic amines) is 1. The van der Waals surface area contributed by atoms with Gasteiger partial charge in [-0.05, 0) is 11.4 Å². The molecule has 0 unspecified atom stereocenters. The van der Waals surface area contributed by atoms with Gasteiger partial charge in [-0.1, -0.05) is 11.8 Å². The van der Waals surface area contributed by atoms with Crippen LogP contribution in [0.4, 0.5) is 0 Å². The molecule has 88 valence electrons. The van der Waals surface area contributed by atoms with Gasteiger partial charge in [-0.2, -0.15) is 0 Å². The van der Waals surface area contributed by atoms with Gasteiger partial charge >= 0.3 is 0 Å². The van der Waals surface area contributed by atoms with Crippen LogP contribution in [0.15, 0.2) is 11.4 Å². The Morgan fingerprint density at radius 3 is 2.71 bits per heavy atom. The molecule has 1 saturated heterocycles. The van der Waals surface area contributed by atoms with Gasteiger partial charge in [0.2, 0.25) is 11.8 Å². The number of hydrogen-bond acceptors (Lipinski definition) is 4. The lowest BCUT2D eigenvalue weighted by Gasteiger charge is -2.12. The molecule has 1 aromatic rings. The minimum atomic E-state index is -0.0962. The molecule has 5 heteroatoms. The van der Waals surface area contributed by atoms with E-state index in [-0.39, 0.29) is 11.8 Å². The molecule has 1 aliphatic rings. The van der Waals surface area contributed by atoms with Crippen molar-refractivity contribution in [1.29, 1.82) is 0 Å². The molecule has 17 heavy (non-hydrogen) atoms. The van der Waals surface area contributed by atoms with Crippen molar-refractivity contribution >= 4 is 23.2 Å². The van der Waals surface area contributed by atoms with Crippen LogP contribution in [0.5, 0.6) is 0 Å². The largest absolute Gasteiger partial charge is 0.320 e. The second-order valence-electron chi connectivity index (χ2n) is 3.64. The van der Waals surface area contributed by atoms with E-state index in [9.17, 15) is 9.59 Å². The molecule has 2 rings (SSSR count). The van der Waals surface area contributed by atoms with Crippen LogP contribution in [0.2, 0.25) is 0 Å². The number of thiophene rings is 1. The highest BCUT2D eigenvalue weighted by Gasteiger charge is 2.29. The molecular weight excluding hydrogens is 236 g/mol. The lowest BCUT2D eigenvalue weighted by molar-refractivity contribution is -0.138. The van der Waals surface area contributed by atoms with Crippen molar-refractivity contribution in [1.82, 2.24) is 4.90 Å². The fraction of sp³-hybridized carbons (Fsp3) is 0.333. The highest BCUT2D eigenvalue weighted by Crippen LogP contribution is 2.22. The molecule has 0 bridgehead atoms. The summed E-state index contributed by atoms with van der Waals surface area (Å²) in [7, 11) is 0. The molecule has 1 aliphatic heterocycles. The van der Waals surface area contributed by atoms with Gasteiger partial charge in [0.25, 0.3) is 0 Å². The van der Waals surface area contributed by atoms with Crippen molar-refractivity contribution in [2.75, 3.05) is 6.54 Å². The molecule has 1 fully saturated rings. The second kappa shape index (κ2) is 5.13. The number of nitrogens with zero attached hydrogens (tertiary/aromatic N) is 1. The lowest BCUT2D eigenvalue weighted by atomic mass is 10.2. The van der Waals surface area contributed by atoms with E-state index >= 15 is 0 Å². The van der Waals surface area contributed by atoms with Gasteiger partial charge < -0.3 is 5.73 Å². The Bertz CT molecular complexity index is 494. The van der Waals surface area contributed by atoms with Crippen LogP contribution in [-0.4, -0.2) is 23.3 Å². The Morgan fingerprint density at radius 2 is 2.06 bits per heavy atom. The average molecular weight is 248 g/mol. The van der Waals surface area contributed by atoms with E-state index in [0.717, 1.165) is 10.4 Å². The van der Waals surface area contributed by atoms with E-state index in [1.54, 1.807) is 0 Å². The Kier molecular flexibility index (Phi) is 3.57. The third-order valence-electron chi connectivity index (χ3n) is 2.53. The minimum absolute atomic E-state index is 0.0962. The van der Waals surface area contributed by atoms with E-state index in [4.69, 9.17) is 5.73 Å². The van der Waals surface area contributed by atoms with Gasteiger partial charge in [-0.15, -0.1) is 11.3 Å². The molecule has 2 amide bonds. The van der Waals surface area contributed by atoms with E-state index in [2.05, 4.69) is 11.8 Å². The first-order valence-corrected chi connectivity index (χ1v) is 6.19. The topological polar surface area (TPSA) is 63.4 Å². The Morgan fingerprint density at radius 1 is 1.35 bits per heavy atom. The first-order chi connectivity index (χ1) is 8.22. The fourth-order valence-electron chi connectivity index (χ4n) is 1.66. The van der Waals surface area contributed by atoms with Gasteiger partial charge in [0.1, 0.15) is 0 Å². The molecule has 0 atom stereocenters. The zero-order chi connectivity index (χ0) is 12.3. The standard InChI is InChI=1S/C12H12N2O2S/c13-6-1-2-9-5-7-17-10(9)8-14-11(15)3-4-12(14)16/h5,7H,3-4,6,8,13H2. The quantitative estimate of drug-likeness (QED) is 0.619. The van der Waals surface area contributed by atoms with Crippen molar-refractivity contribution in [3.63, 3.8) is 0 Å². The molecule has 4 nitrogen and oxygen atoms in total. The van der Waals surface area contributed by atoms with Gasteiger partial charge in [-0.25, -0.2) is 0 Å². The number of amides is 2. The zero-order valence-electron chi connectivity index (χ0n) is 9.23. The van der Waals surface area contributed by atoms with Crippen LogP contribution < -0.4 is 5.73 Å². The Hall–Kier alpha value is -1.64. The number of hydrogen-bond donors (Lipinski definition) is 1. The summed E-state index contributed by atoms with van der Waals surface area (Å²) in [4.78, 5) is 25.2. The number of rotatable bonds is 2. The monoisotopic (exact) mass is 248 g/mol. The van der Waals surface area contributed by atoms with Gasteiger partial charge in [0.05, 0.1) is 13.1 Å². The minimum Gasteiger partial charge on any atom is -0.320 e. The fourth-order valence-corrected chi connectivity index (χ4v) is 2.48. The third-order valence-corrected chi connectivity index (χ3v) is 3.43. The summed E-state index contributed by atoms with van der Waals surface area (Å²) in [5.41, 5.74) is 6.17. The smallest absolute Gasteiger partial charge is 0.230 e. The van der Waals surface area contributed by atoms with Crippen LogP contribution in [0.25, 0.3) is 0 Å². The summed E-state index contributed by atoms with van der Waals surface area (Å²) < 4.78 is 0. The van der Waals surface area contributed by atoms with E-state index in [1.165, 1.54) is 16.2 Å². The van der Waals surface area contributed by atoms with Crippen molar-refractivity contribution < 1.29 is 9.59 Å². The predicted octanol–water partition coefficient (Wildman–Crippen LogP) is 0.707. The lowest BCUT2D eigenvalue weighted by Crippen LogP contribution is -2.28. The van der Waals surface area contributed by atoms with E-state index in [1.807, 2.05) is 11.4 Å². The van der Waals surface area contributed by atoms with Crippen molar-refractivity contribution in [2.45, 2.75) is 19.4 Å². The van der Waals surface area contributed by atoms with Gasteiger partial charge in [0.15, 0.2) is 0 Å². The number of carbonyl (C=O) groups is 2. The van der Waals surface area contributed by atoms with Crippen molar-refractivity contribution in [3.8, 4) is 11.8 Å². The maximum atomic E-state index is 11.5. The molecule has 1 aromatic heterocycles. The van der Waals surface area contributed by atoms with Crippen molar-refractivity contribution in [2.24, 2.45) is 5.73 Å². The SMILES string of the molecule is NCC#Cc1ccsc1CN1C(=O)CCC1=O. The zero-order valence-corrected chi connectivity index (χ0v) is 10.0. The van der Waals surface area contributed by atoms with Crippen LogP contribution >= 0.6 is 11.3 Å². The first-order valence-electron chi connectivity index (χ1n) is 5.31. The Labute approximate surface area is 103 Å². The van der Waals surface area contributed by atoms with Crippen LogP contribution in [-0.2, 0) is 16.1 Å². The molecule has 0 aliphatic carbocycles. The summed E-state index contributed by atoms with van der Waals surface area (Å²) in [6.45, 7) is 0.640. The molecular formula is C12H12N2O2S. The Balaban J connectivity index is 2.16. The molecule has 0 aromatic carbocycles. The average Bonchev–Trinajstić information content (AvgIpc) is 2.88. The maximum absolute atomic E-state index is 11.5. The molecule has 0 radical (unpaired) electrons. The second-order valence-corrected chi connectivity index (χ2v) is 4.64. The van der Waals surface area contributed by atoms with Crippen LogP contribution in [0.1, 0.15) is 23.3 Å². The van der Waals surface area contributed by atoms with Gasteiger partial charge in [-0.3, -0.25) is 14.5 Å².